The maximum atomic E-state index is 12.6. The van der Waals surface area contributed by atoms with Crippen LogP contribution >= 0.6 is 11.6 Å². The molecule has 0 aliphatic carbocycles. The van der Waals surface area contributed by atoms with Gasteiger partial charge in [-0.25, -0.2) is 9.37 Å². The molecular weight excluding hydrogens is 199 g/mol. The molecule has 0 fully saturated rings. The van der Waals surface area contributed by atoms with Crippen LogP contribution in [0.15, 0.2) is 5.11 Å². The van der Waals surface area contributed by atoms with Crippen molar-refractivity contribution in [1.82, 2.24) is 16.5 Å². The van der Waals surface area contributed by atoms with Gasteiger partial charge < -0.3 is 0 Å². The Bertz CT molecular complexity index is 399. The van der Waals surface area contributed by atoms with E-state index in [1.54, 1.807) is 0 Å². The van der Waals surface area contributed by atoms with Crippen LogP contribution < -0.4 is 11.5 Å². The Balaban J connectivity index is 3.49. The summed E-state index contributed by atoms with van der Waals surface area (Å²) in [6.07, 6.45) is 0. The minimum Gasteiger partial charge on any atom is -0.221 e. The highest BCUT2D eigenvalue weighted by atomic mass is 35.5. The fourth-order valence-corrected chi connectivity index (χ4v) is 0.778. The second-order valence-electron chi connectivity index (χ2n) is 1.93. The number of nitrogens with zero attached hydrogens (tertiary/aromatic N) is 6. The molecule has 0 saturated carbocycles. The zero-order valence-corrected chi connectivity index (χ0v) is 6.70. The van der Waals surface area contributed by atoms with Crippen LogP contribution in [-0.2, 0) is 0 Å². The van der Waals surface area contributed by atoms with E-state index < -0.39 is 28.2 Å². The molecule has 6 nitrogen and oxygen atoms in total. The minimum absolute atomic E-state index is 0.486. The summed E-state index contributed by atoms with van der Waals surface area (Å²) in [7, 11) is 0. The van der Waals surface area contributed by atoms with Crippen LogP contribution in [0, 0.1) is 5.82 Å². The molecule has 1 rings (SSSR count). The average Bonchev–Trinajstić information content (AvgIpc) is 2.11. The summed E-state index contributed by atoms with van der Waals surface area (Å²) in [5.41, 5.74) is 24.6. The average molecular weight is 199 g/mol. The van der Waals surface area contributed by atoms with E-state index >= 15 is 0 Å². The molecule has 0 spiro atoms. The van der Waals surface area contributed by atoms with Crippen LogP contribution in [0.3, 0.4) is 0 Å². The molecule has 0 atom stereocenters. The van der Waals surface area contributed by atoms with E-state index in [0.29, 0.717) is 0 Å². The quantitative estimate of drug-likeness (QED) is 0.385. The van der Waals surface area contributed by atoms with Gasteiger partial charge in [0, 0.05) is 4.91 Å². The Morgan fingerprint density at radius 3 is 2.69 bits per heavy atom. The number of hydrogen-bond donors (Lipinski definition) is 0. The highest BCUT2D eigenvalue weighted by molar-refractivity contribution is 6.35. The van der Waals surface area contributed by atoms with Crippen molar-refractivity contribution < 1.29 is 4.39 Å². The lowest BCUT2D eigenvalue weighted by atomic mass is 10.3. The number of aromatic nitrogens is 1. The van der Waals surface area contributed by atoms with Crippen LogP contribution in [0.2, 0.25) is 5.02 Å². The molecule has 64 valence electrons. The van der Waals surface area contributed by atoms with Gasteiger partial charge in [0.05, 0.1) is 5.02 Å². The summed E-state index contributed by atoms with van der Waals surface area (Å²) in [6, 6.07) is 0. The molecule has 0 bridgehead atoms. The standard InChI is InChI=1S/C5ClFN6/c6-1-3(8)2(7)4(9)11-5(1)12-13-10. The van der Waals surface area contributed by atoms with E-state index in [2.05, 4.69) is 15.0 Å². The second-order valence-corrected chi connectivity index (χ2v) is 2.30. The van der Waals surface area contributed by atoms with Gasteiger partial charge in [-0.3, -0.25) is 0 Å². The molecule has 0 amide bonds. The first-order valence-electron chi connectivity index (χ1n) is 2.90. The van der Waals surface area contributed by atoms with Crippen molar-refractivity contribution in [3.8, 4) is 0 Å². The van der Waals surface area contributed by atoms with Crippen LogP contribution in [0.25, 0.3) is 10.4 Å². The van der Waals surface area contributed by atoms with Crippen molar-refractivity contribution in [2.75, 3.05) is 0 Å². The Hall–Kier alpha value is -1.72. The summed E-state index contributed by atoms with van der Waals surface area (Å²) in [4.78, 5) is 5.40. The summed E-state index contributed by atoms with van der Waals surface area (Å²) >= 11 is 5.32. The number of halogens is 2. The maximum absolute atomic E-state index is 12.6. The number of azide groups is 1. The highest BCUT2D eigenvalue weighted by Crippen LogP contribution is 2.34. The third-order valence-corrected chi connectivity index (χ3v) is 1.51. The van der Waals surface area contributed by atoms with E-state index in [1.165, 1.54) is 0 Å². The molecule has 1 heterocycles. The third-order valence-electron chi connectivity index (χ3n) is 1.16. The molecule has 0 saturated heterocycles. The monoisotopic (exact) mass is 198 g/mol. The fourth-order valence-electron chi connectivity index (χ4n) is 0.615. The van der Waals surface area contributed by atoms with Gasteiger partial charge in [-0.2, -0.15) is 0 Å². The van der Waals surface area contributed by atoms with Crippen molar-refractivity contribution in [3.63, 3.8) is 0 Å². The van der Waals surface area contributed by atoms with Gasteiger partial charge in [0.15, 0.2) is 5.82 Å². The molecule has 0 N–H and O–H groups in total. The summed E-state index contributed by atoms with van der Waals surface area (Å²) in [5.74, 6) is -2.92. The first kappa shape index (κ1) is 9.37. The Morgan fingerprint density at radius 1 is 1.54 bits per heavy atom. The fraction of sp³-hybridized carbons (Fsp3) is 0. The van der Waals surface area contributed by atoms with Crippen molar-refractivity contribution in [2.24, 2.45) is 5.11 Å². The molecule has 0 unspecified atom stereocenters. The zero-order chi connectivity index (χ0) is 10.0. The minimum atomic E-state index is -1.36. The van der Waals surface area contributed by atoms with Crippen molar-refractivity contribution >= 4 is 28.9 Å². The van der Waals surface area contributed by atoms with Crippen molar-refractivity contribution in [2.45, 2.75) is 0 Å². The lowest BCUT2D eigenvalue weighted by Gasteiger charge is -2.00. The molecule has 8 heteroatoms. The number of hydrogen-bond acceptors (Lipinski definition) is 2. The molecule has 0 aromatic carbocycles. The topological polar surface area (TPSA) is 106 Å². The lowest BCUT2D eigenvalue weighted by Crippen LogP contribution is -1.89. The van der Waals surface area contributed by atoms with E-state index in [0.717, 1.165) is 0 Å². The van der Waals surface area contributed by atoms with Gasteiger partial charge in [0.2, 0.25) is 5.82 Å². The predicted octanol–water partition coefficient (Wildman–Crippen LogP) is 2.22. The van der Waals surface area contributed by atoms with Gasteiger partial charge in [-0.15, -0.1) is 11.5 Å². The van der Waals surface area contributed by atoms with Crippen LogP contribution in [-0.4, -0.2) is 4.98 Å². The van der Waals surface area contributed by atoms with E-state index in [9.17, 15) is 4.39 Å². The first-order chi connectivity index (χ1) is 6.07. The highest BCUT2D eigenvalue weighted by Gasteiger charge is 2.16. The second kappa shape index (κ2) is 3.34. The van der Waals surface area contributed by atoms with Gasteiger partial charge >= 0.3 is 0 Å². The van der Waals surface area contributed by atoms with Crippen LogP contribution in [0.4, 0.5) is 21.7 Å². The Morgan fingerprint density at radius 2 is 2.15 bits per heavy atom. The normalized spacial score (nSPS) is 9.38. The maximum Gasteiger partial charge on any atom is 0.213 e. The molecule has 1 aromatic heterocycles. The van der Waals surface area contributed by atoms with Gasteiger partial charge in [0.25, 0.3) is 0 Å². The molecule has 13 heavy (non-hydrogen) atoms. The van der Waals surface area contributed by atoms with Gasteiger partial charge in [-0.1, -0.05) is 11.6 Å². The van der Waals surface area contributed by atoms with E-state index in [4.69, 9.17) is 28.6 Å². The van der Waals surface area contributed by atoms with Gasteiger partial charge in [0.1, 0.15) is 11.5 Å². The van der Waals surface area contributed by atoms with Crippen molar-refractivity contribution in [3.05, 3.63) is 21.3 Å². The molecule has 4 radical (unpaired) electrons. The van der Waals surface area contributed by atoms with E-state index in [-0.39, 0.29) is 0 Å². The van der Waals surface area contributed by atoms with E-state index in [1.807, 2.05) is 0 Å². The van der Waals surface area contributed by atoms with Crippen LogP contribution in [0.1, 0.15) is 0 Å². The smallest absolute Gasteiger partial charge is 0.213 e. The van der Waals surface area contributed by atoms with Crippen molar-refractivity contribution in [1.29, 1.82) is 0 Å². The Labute approximate surface area is 76.9 Å². The molecule has 1 aromatic rings. The van der Waals surface area contributed by atoms with Crippen LogP contribution in [0.5, 0.6) is 0 Å². The lowest BCUT2D eigenvalue weighted by molar-refractivity contribution is 0.624. The SMILES string of the molecule is [N]c1nc(N=[N+]=[N-])c(Cl)c([N])c1F. The summed E-state index contributed by atoms with van der Waals surface area (Å²) in [6.45, 7) is 0. The molecular formula is C5ClFN6. The molecule has 0 aliphatic rings. The number of rotatable bonds is 1. The largest absolute Gasteiger partial charge is 0.221 e. The summed E-state index contributed by atoms with van der Waals surface area (Å²) < 4.78 is 12.6. The molecule has 0 aliphatic heterocycles. The summed E-state index contributed by atoms with van der Waals surface area (Å²) in [5, 5.41) is 2.37. The zero-order valence-electron chi connectivity index (χ0n) is 5.94. The Kier molecular flexibility index (Phi) is 2.41. The van der Waals surface area contributed by atoms with Gasteiger partial charge in [-0.05, 0) is 10.6 Å². The first-order valence-corrected chi connectivity index (χ1v) is 3.27. The third kappa shape index (κ3) is 1.56. The number of pyridine rings is 1. The predicted molar refractivity (Wildman–Crippen MR) is 41.6 cm³/mol.